The van der Waals surface area contributed by atoms with E-state index in [9.17, 15) is 19.5 Å². The second kappa shape index (κ2) is 6.97. The summed E-state index contributed by atoms with van der Waals surface area (Å²) < 4.78 is 10.9. The molecule has 1 amide bonds. The van der Waals surface area contributed by atoms with Crippen LogP contribution in [0.3, 0.4) is 0 Å². The van der Waals surface area contributed by atoms with Gasteiger partial charge in [0.05, 0.1) is 12.3 Å². The SMILES string of the molecule is CCOC(=O)N/N=C1\C=C2CC[C@@H]3[C@H](C(=O)C[C@]45O[C@]4(C(=O)CO)CC[C@@H]35)[C@@]2(C)CC1. The van der Waals surface area contributed by atoms with Crippen molar-refractivity contribution < 1.29 is 29.0 Å². The van der Waals surface area contributed by atoms with Gasteiger partial charge in [0.15, 0.2) is 11.4 Å². The van der Waals surface area contributed by atoms with E-state index in [1.165, 1.54) is 5.57 Å². The van der Waals surface area contributed by atoms with Crippen LogP contribution in [0.2, 0.25) is 0 Å². The average Bonchev–Trinajstić information content (AvgIpc) is 3.27. The number of hydrazone groups is 1. The number of carbonyl (C=O) groups is 3. The van der Waals surface area contributed by atoms with Gasteiger partial charge in [-0.3, -0.25) is 9.59 Å². The van der Waals surface area contributed by atoms with Gasteiger partial charge in [-0.1, -0.05) is 12.5 Å². The number of amides is 1. The Bertz CT molecular complexity index is 912. The minimum atomic E-state index is -0.921. The van der Waals surface area contributed by atoms with Crippen LogP contribution in [0.15, 0.2) is 16.8 Å². The zero-order chi connectivity index (χ0) is 22.0. The first-order valence-corrected chi connectivity index (χ1v) is 11.4. The van der Waals surface area contributed by atoms with E-state index in [2.05, 4.69) is 17.5 Å². The van der Waals surface area contributed by atoms with Crippen LogP contribution in [0.1, 0.15) is 58.8 Å². The molecule has 1 spiro atoms. The molecule has 1 aliphatic heterocycles. The minimum Gasteiger partial charge on any atom is -0.449 e. The van der Waals surface area contributed by atoms with Gasteiger partial charge in [0.25, 0.3) is 0 Å². The molecule has 0 bridgehead atoms. The molecule has 3 saturated carbocycles. The summed E-state index contributed by atoms with van der Waals surface area (Å²) in [6.07, 6.45) is 6.49. The summed E-state index contributed by atoms with van der Waals surface area (Å²) >= 11 is 0. The summed E-state index contributed by atoms with van der Waals surface area (Å²) in [6, 6.07) is 0. The second-order valence-electron chi connectivity index (χ2n) is 9.89. The van der Waals surface area contributed by atoms with Gasteiger partial charge in [0.1, 0.15) is 18.0 Å². The first-order valence-electron chi connectivity index (χ1n) is 11.4. The molecule has 1 heterocycles. The van der Waals surface area contributed by atoms with Gasteiger partial charge in [-0.05, 0) is 68.8 Å². The Morgan fingerprint density at radius 1 is 1.32 bits per heavy atom. The van der Waals surface area contributed by atoms with E-state index >= 15 is 0 Å². The van der Waals surface area contributed by atoms with E-state index in [0.717, 1.165) is 31.4 Å². The standard InChI is InChI=1S/C23H30N2O6/c1-3-30-20(29)25-24-14-6-8-21(2)13(10-14)4-5-15-16-7-9-22(18(28)12-26)23(16,31-22)11-17(27)19(15)21/h10,15-16,19,26H,3-9,11-12H2,1-2H3,(H,25,29)/b24-14-/t15-,16-,19+,21-,22-,23+/m0/s1. The normalized spacial score (nSPS) is 43.8. The molecule has 4 fully saturated rings. The molecular weight excluding hydrogens is 400 g/mol. The number of Topliss-reactive ketones (excluding diaryl/α,β-unsaturated/α-hetero) is 2. The molecule has 5 aliphatic rings. The van der Waals surface area contributed by atoms with Crippen molar-refractivity contribution in [3.05, 3.63) is 11.6 Å². The van der Waals surface area contributed by atoms with E-state index in [4.69, 9.17) is 9.47 Å². The fourth-order valence-corrected chi connectivity index (χ4v) is 7.37. The number of allylic oxidation sites excluding steroid dienone is 2. The van der Waals surface area contributed by atoms with Crippen molar-refractivity contribution in [2.45, 2.75) is 70.0 Å². The monoisotopic (exact) mass is 430 g/mol. The molecule has 5 rings (SSSR count). The fourth-order valence-electron chi connectivity index (χ4n) is 7.37. The average molecular weight is 431 g/mol. The van der Waals surface area contributed by atoms with E-state index < -0.39 is 23.9 Å². The maximum absolute atomic E-state index is 13.5. The lowest BCUT2D eigenvalue weighted by atomic mass is 9.49. The number of hydrogen-bond donors (Lipinski definition) is 2. The van der Waals surface area contributed by atoms with Gasteiger partial charge in [-0.2, -0.15) is 5.10 Å². The number of nitrogens with one attached hydrogen (secondary N) is 1. The highest BCUT2D eigenvalue weighted by Gasteiger charge is 2.83. The van der Waals surface area contributed by atoms with E-state index in [0.29, 0.717) is 19.4 Å². The summed E-state index contributed by atoms with van der Waals surface area (Å²) in [6.45, 7) is 3.70. The number of ketones is 2. The molecule has 4 aliphatic carbocycles. The smallest absolute Gasteiger partial charge is 0.427 e. The lowest BCUT2D eigenvalue weighted by Crippen LogP contribution is -2.55. The van der Waals surface area contributed by atoms with Crippen molar-refractivity contribution in [1.82, 2.24) is 5.43 Å². The van der Waals surface area contributed by atoms with Crippen molar-refractivity contribution in [1.29, 1.82) is 0 Å². The fraction of sp³-hybridized carbons (Fsp3) is 0.739. The molecule has 8 nitrogen and oxygen atoms in total. The Hall–Kier alpha value is -2.06. The largest absolute Gasteiger partial charge is 0.449 e. The molecule has 1 saturated heterocycles. The van der Waals surface area contributed by atoms with E-state index in [-0.39, 0.29) is 41.2 Å². The van der Waals surface area contributed by atoms with Crippen molar-refractivity contribution in [2.75, 3.05) is 13.2 Å². The van der Waals surface area contributed by atoms with Crippen LogP contribution < -0.4 is 5.43 Å². The minimum absolute atomic E-state index is 0.0769. The summed E-state index contributed by atoms with van der Waals surface area (Å²) in [5.41, 5.74) is 2.64. The van der Waals surface area contributed by atoms with Crippen LogP contribution in [-0.2, 0) is 19.1 Å². The first kappa shape index (κ1) is 20.8. The van der Waals surface area contributed by atoms with Crippen molar-refractivity contribution in [3.8, 4) is 0 Å². The Morgan fingerprint density at radius 2 is 2.13 bits per heavy atom. The van der Waals surface area contributed by atoms with Crippen molar-refractivity contribution >= 4 is 23.4 Å². The molecule has 6 atom stereocenters. The maximum atomic E-state index is 13.5. The van der Waals surface area contributed by atoms with E-state index in [1.54, 1.807) is 6.92 Å². The van der Waals surface area contributed by atoms with Crippen LogP contribution >= 0.6 is 0 Å². The number of nitrogens with zero attached hydrogens (tertiary/aromatic N) is 1. The zero-order valence-electron chi connectivity index (χ0n) is 18.1. The third kappa shape index (κ3) is 2.73. The van der Waals surface area contributed by atoms with Crippen LogP contribution in [-0.4, -0.2) is 52.9 Å². The Kier molecular flexibility index (Phi) is 4.68. The maximum Gasteiger partial charge on any atom is 0.427 e. The summed E-state index contributed by atoms with van der Waals surface area (Å²) in [4.78, 5) is 37.5. The molecule has 8 heteroatoms. The summed E-state index contributed by atoms with van der Waals surface area (Å²) in [5.74, 6) is 0.248. The van der Waals surface area contributed by atoms with Crippen LogP contribution in [0, 0.1) is 23.2 Å². The lowest BCUT2D eigenvalue weighted by molar-refractivity contribution is -0.140. The molecule has 2 N–H and O–H groups in total. The Labute approximate surface area is 181 Å². The number of epoxide rings is 1. The highest BCUT2D eigenvalue weighted by atomic mass is 16.6. The number of aliphatic hydroxyl groups is 1. The zero-order valence-corrected chi connectivity index (χ0v) is 18.1. The predicted molar refractivity (Wildman–Crippen MR) is 110 cm³/mol. The van der Waals surface area contributed by atoms with Gasteiger partial charge in [0.2, 0.25) is 0 Å². The summed E-state index contributed by atoms with van der Waals surface area (Å²) in [7, 11) is 0. The number of rotatable bonds is 4. The molecule has 0 aromatic carbocycles. The number of fused-ring (bicyclic) bond motifs is 4. The number of ether oxygens (including phenoxy) is 2. The number of aliphatic hydroxyl groups excluding tert-OH is 1. The van der Waals surface area contributed by atoms with Crippen LogP contribution in [0.4, 0.5) is 4.79 Å². The topological polar surface area (TPSA) is 118 Å². The van der Waals surface area contributed by atoms with Crippen molar-refractivity contribution in [3.63, 3.8) is 0 Å². The van der Waals surface area contributed by atoms with Gasteiger partial charge >= 0.3 is 6.09 Å². The molecule has 0 radical (unpaired) electrons. The number of carbonyl (C=O) groups excluding carboxylic acids is 3. The third-order valence-electron chi connectivity index (χ3n) is 8.70. The molecule has 0 unspecified atom stereocenters. The number of hydrogen-bond acceptors (Lipinski definition) is 7. The highest BCUT2D eigenvalue weighted by molar-refractivity contribution is 5.99. The van der Waals surface area contributed by atoms with Crippen molar-refractivity contribution in [2.24, 2.45) is 28.3 Å². The Morgan fingerprint density at radius 3 is 2.87 bits per heavy atom. The first-order chi connectivity index (χ1) is 14.8. The lowest BCUT2D eigenvalue weighted by Gasteiger charge is -2.54. The van der Waals surface area contributed by atoms with Gasteiger partial charge in [-0.15, -0.1) is 0 Å². The molecule has 0 aromatic heterocycles. The molecule has 168 valence electrons. The predicted octanol–water partition coefficient (Wildman–Crippen LogP) is 2.29. The Balaban J connectivity index is 1.39. The van der Waals surface area contributed by atoms with Gasteiger partial charge in [0, 0.05) is 12.3 Å². The third-order valence-corrected chi connectivity index (χ3v) is 8.70. The molecular formula is C23H30N2O6. The quantitative estimate of drug-likeness (QED) is 0.522. The van der Waals surface area contributed by atoms with Gasteiger partial charge in [-0.25, -0.2) is 10.2 Å². The summed E-state index contributed by atoms with van der Waals surface area (Å²) in [5, 5.41) is 13.6. The van der Waals surface area contributed by atoms with Crippen LogP contribution in [0.25, 0.3) is 0 Å². The molecule has 0 aromatic rings. The second-order valence-corrected chi connectivity index (χ2v) is 9.89. The van der Waals surface area contributed by atoms with Gasteiger partial charge < -0.3 is 14.6 Å². The van der Waals surface area contributed by atoms with Crippen LogP contribution in [0.5, 0.6) is 0 Å². The highest BCUT2D eigenvalue weighted by Crippen LogP contribution is 2.72. The van der Waals surface area contributed by atoms with E-state index in [1.807, 2.05) is 6.08 Å². The molecule has 31 heavy (non-hydrogen) atoms.